The van der Waals surface area contributed by atoms with Gasteiger partial charge in [0.25, 0.3) is 0 Å². The van der Waals surface area contributed by atoms with E-state index in [1.807, 2.05) is 6.20 Å². The summed E-state index contributed by atoms with van der Waals surface area (Å²) < 4.78 is 8.18. The lowest BCUT2D eigenvalue weighted by Crippen LogP contribution is -2.43. The number of aromatic nitrogens is 2. The molecule has 0 aromatic carbocycles. The third-order valence-electron chi connectivity index (χ3n) is 2.12. The third-order valence-corrected chi connectivity index (χ3v) is 2.78. The second kappa shape index (κ2) is 2.85. The van der Waals surface area contributed by atoms with Crippen molar-refractivity contribution in [1.82, 2.24) is 9.55 Å². The number of nitrogens with zero attached hydrogens (tertiary/aromatic N) is 2. The van der Waals surface area contributed by atoms with E-state index in [9.17, 15) is 0 Å². The van der Waals surface area contributed by atoms with Gasteiger partial charge in [-0.3, -0.25) is 0 Å². The molecule has 12 heavy (non-hydrogen) atoms. The van der Waals surface area contributed by atoms with E-state index in [-0.39, 0.29) is 0 Å². The zero-order valence-corrected chi connectivity index (χ0v) is 8.54. The highest BCUT2D eigenvalue weighted by molar-refractivity contribution is 9.10. The van der Waals surface area contributed by atoms with Crippen LogP contribution in [0.1, 0.15) is 6.92 Å². The Kier molecular flexibility index (Phi) is 1.96. The van der Waals surface area contributed by atoms with Crippen LogP contribution in [0.4, 0.5) is 0 Å². The summed E-state index contributed by atoms with van der Waals surface area (Å²) in [5, 5.41) is 0. The van der Waals surface area contributed by atoms with Crippen molar-refractivity contribution in [3.63, 3.8) is 0 Å². The fourth-order valence-electron chi connectivity index (χ4n) is 1.38. The van der Waals surface area contributed by atoms with Crippen LogP contribution in [0.2, 0.25) is 0 Å². The van der Waals surface area contributed by atoms with Crippen molar-refractivity contribution in [2.24, 2.45) is 5.41 Å². The molecule has 2 heterocycles. The van der Waals surface area contributed by atoms with Crippen LogP contribution in [-0.2, 0) is 11.3 Å². The van der Waals surface area contributed by atoms with Gasteiger partial charge in [-0.2, -0.15) is 0 Å². The molecule has 0 radical (unpaired) electrons. The number of hydrogen-bond acceptors (Lipinski definition) is 2. The van der Waals surface area contributed by atoms with Gasteiger partial charge in [-0.15, -0.1) is 0 Å². The second-order valence-electron chi connectivity index (χ2n) is 3.63. The van der Waals surface area contributed by atoms with Crippen molar-refractivity contribution in [2.75, 3.05) is 13.2 Å². The Balaban J connectivity index is 2.08. The van der Waals surface area contributed by atoms with Crippen LogP contribution in [0, 0.1) is 5.41 Å². The van der Waals surface area contributed by atoms with Gasteiger partial charge in [-0.25, -0.2) is 4.98 Å². The van der Waals surface area contributed by atoms with E-state index in [2.05, 4.69) is 32.4 Å². The van der Waals surface area contributed by atoms with Gasteiger partial charge in [0.05, 0.1) is 13.2 Å². The molecule has 1 aromatic rings. The molecule has 1 aliphatic heterocycles. The second-order valence-corrected chi connectivity index (χ2v) is 4.34. The van der Waals surface area contributed by atoms with Crippen LogP contribution in [0.5, 0.6) is 0 Å². The Morgan fingerprint density at radius 2 is 2.50 bits per heavy atom. The maximum Gasteiger partial charge on any atom is 0.177 e. The van der Waals surface area contributed by atoms with E-state index in [4.69, 9.17) is 4.74 Å². The van der Waals surface area contributed by atoms with Crippen molar-refractivity contribution in [1.29, 1.82) is 0 Å². The van der Waals surface area contributed by atoms with Crippen molar-refractivity contribution in [2.45, 2.75) is 13.5 Å². The summed E-state index contributed by atoms with van der Waals surface area (Å²) in [5.74, 6) is 0. The maximum absolute atomic E-state index is 5.18. The smallest absolute Gasteiger partial charge is 0.177 e. The average Bonchev–Trinajstić information content (AvgIpc) is 2.34. The topological polar surface area (TPSA) is 27.1 Å². The SMILES string of the molecule is CC1(Cn2ccnc2Br)COC1. The van der Waals surface area contributed by atoms with Gasteiger partial charge >= 0.3 is 0 Å². The molecule has 0 unspecified atom stereocenters. The monoisotopic (exact) mass is 230 g/mol. The quantitative estimate of drug-likeness (QED) is 0.774. The third kappa shape index (κ3) is 1.41. The van der Waals surface area contributed by atoms with E-state index in [1.54, 1.807) is 6.20 Å². The lowest BCUT2D eigenvalue weighted by Gasteiger charge is -2.38. The summed E-state index contributed by atoms with van der Waals surface area (Å²) in [6.45, 7) is 4.92. The lowest BCUT2D eigenvalue weighted by molar-refractivity contribution is -0.110. The summed E-state index contributed by atoms with van der Waals surface area (Å²) in [4.78, 5) is 4.10. The van der Waals surface area contributed by atoms with Crippen LogP contribution < -0.4 is 0 Å². The van der Waals surface area contributed by atoms with Gasteiger partial charge in [0.1, 0.15) is 0 Å². The number of rotatable bonds is 2. The van der Waals surface area contributed by atoms with E-state index >= 15 is 0 Å². The van der Waals surface area contributed by atoms with E-state index < -0.39 is 0 Å². The molecule has 2 rings (SSSR count). The number of imidazole rings is 1. The molecule has 1 saturated heterocycles. The van der Waals surface area contributed by atoms with Gasteiger partial charge in [0.15, 0.2) is 4.73 Å². The van der Waals surface area contributed by atoms with Gasteiger partial charge < -0.3 is 9.30 Å². The first-order chi connectivity index (χ1) is 5.70. The molecule has 0 atom stereocenters. The fourth-order valence-corrected chi connectivity index (χ4v) is 1.74. The summed E-state index contributed by atoms with van der Waals surface area (Å²) in [5.41, 5.74) is 0.309. The fraction of sp³-hybridized carbons (Fsp3) is 0.625. The van der Waals surface area contributed by atoms with Crippen LogP contribution in [-0.4, -0.2) is 22.8 Å². The Morgan fingerprint density at radius 3 is 2.92 bits per heavy atom. The molecular weight excluding hydrogens is 220 g/mol. The largest absolute Gasteiger partial charge is 0.380 e. The molecule has 4 heteroatoms. The first-order valence-electron chi connectivity index (χ1n) is 3.94. The zero-order valence-electron chi connectivity index (χ0n) is 6.96. The van der Waals surface area contributed by atoms with Crippen molar-refractivity contribution in [3.05, 3.63) is 17.1 Å². The average molecular weight is 231 g/mol. The molecule has 66 valence electrons. The Bertz CT molecular complexity index is 280. The van der Waals surface area contributed by atoms with E-state index in [0.717, 1.165) is 24.5 Å². The van der Waals surface area contributed by atoms with Crippen LogP contribution >= 0.6 is 15.9 Å². The van der Waals surface area contributed by atoms with E-state index in [0.29, 0.717) is 5.41 Å². The predicted molar refractivity (Wildman–Crippen MR) is 48.9 cm³/mol. The molecule has 0 aliphatic carbocycles. The molecule has 1 fully saturated rings. The number of halogens is 1. The molecule has 0 bridgehead atoms. The van der Waals surface area contributed by atoms with E-state index in [1.165, 1.54) is 0 Å². The minimum absolute atomic E-state index is 0.309. The molecule has 3 nitrogen and oxygen atoms in total. The predicted octanol–water partition coefficient (Wildman–Crippen LogP) is 1.68. The summed E-state index contributed by atoms with van der Waals surface area (Å²) in [7, 11) is 0. The first kappa shape index (κ1) is 8.26. The van der Waals surface area contributed by atoms with Crippen LogP contribution in [0.15, 0.2) is 17.1 Å². The molecule has 0 spiro atoms. The zero-order chi connectivity index (χ0) is 8.60. The molecule has 1 aliphatic rings. The summed E-state index contributed by atoms with van der Waals surface area (Å²) >= 11 is 3.38. The summed E-state index contributed by atoms with van der Waals surface area (Å²) in [6, 6.07) is 0. The van der Waals surface area contributed by atoms with Gasteiger partial charge in [0, 0.05) is 24.4 Å². The van der Waals surface area contributed by atoms with Gasteiger partial charge in [0.2, 0.25) is 0 Å². The molecule has 0 N–H and O–H groups in total. The highest BCUT2D eigenvalue weighted by atomic mass is 79.9. The highest BCUT2D eigenvalue weighted by Crippen LogP contribution is 2.29. The maximum atomic E-state index is 5.18. The normalized spacial score (nSPS) is 20.5. The summed E-state index contributed by atoms with van der Waals surface area (Å²) in [6.07, 6.45) is 3.78. The minimum atomic E-state index is 0.309. The standard InChI is InChI=1S/C8H11BrN2O/c1-8(5-12-6-8)4-11-3-2-10-7(11)9/h2-3H,4-6H2,1H3. The Labute approximate surface area is 79.9 Å². The highest BCUT2D eigenvalue weighted by Gasteiger charge is 2.33. The van der Waals surface area contributed by atoms with Gasteiger partial charge in [-0.05, 0) is 15.9 Å². The minimum Gasteiger partial charge on any atom is -0.380 e. The number of ether oxygens (including phenoxy) is 1. The Hall–Kier alpha value is -0.350. The van der Waals surface area contributed by atoms with Crippen molar-refractivity contribution < 1.29 is 4.74 Å². The van der Waals surface area contributed by atoms with Crippen LogP contribution in [0.3, 0.4) is 0 Å². The van der Waals surface area contributed by atoms with Crippen molar-refractivity contribution >= 4 is 15.9 Å². The molecule has 0 amide bonds. The lowest BCUT2D eigenvalue weighted by atomic mass is 9.89. The van der Waals surface area contributed by atoms with Crippen LogP contribution in [0.25, 0.3) is 0 Å². The molecule has 0 saturated carbocycles. The first-order valence-corrected chi connectivity index (χ1v) is 4.73. The van der Waals surface area contributed by atoms with Gasteiger partial charge in [-0.1, -0.05) is 6.92 Å². The molecule has 1 aromatic heterocycles. The number of hydrogen-bond donors (Lipinski definition) is 0. The Morgan fingerprint density at radius 1 is 1.75 bits per heavy atom. The molecular formula is C8H11BrN2O. The van der Waals surface area contributed by atoms with Crippen molar-refractivity contribution in [3.8, 4) is 0 Å².